The van der Waals surface area contributed by atoms with E-state index in [0.29, 0.717) is 16.5 Å². The Kier molecular flexibility index (Phi) is 2.18. The SMILES string of the molecule is COc1ccc(Cl)nc1C1CC1(C)C. The minimum Gasteiger partial charge on any atom is -0.495 e. The molecule has 1 heterocycles. The van der Waals surface area contributed by atoms with Gasteiger partial charge < -0.3 is 4.74 Å². The molecule has 0 spiro atoms. The number of methoxy groups -OCH3 is 1. The summed E-state index contributed by atoms with van der Waals surface area (Å²) in [4.78, 5) is 4.34. The standard InChI is InChI=1S/C11H14ClNO/c1-11(2)6-7(11)10-8(14-3)4-5-9(12)13-10/h4-5,7H,6H2,1-3H3. The van der Waals surface area contributed by atoms with E-state index in [9.17, 15) is 0 Å². The third kappa shape index (κ3) is 1.59. The molecule has 2 rings (SSSR count). The highest BCUT2D eigenvalue weighted by Crippen LogP contribution is 2.59. The van der Waals surface area contributed by atoms with Gasteiger partial charge in [0.2, 0.25) is 0 Å². The Labute approximate surface area is 89.3 Å². The summed E-state index contributed by atoms with van der Waals surface area (Å²) in [5.41, 5.74) is 1.36. The second-order valence-corrected chi connectivity index (χ2v) is 4.85. The number of aromatic nitrogens is 1. The molecule has 1 fully saturated rings. The molecule has 1 saturated carbocycles. The molecule has 1 aliphatic carbocycles. The van der Waals surface area contributed by atoms with Crippen LogP contribution in [-0.2, 0) is 0 Å². The van der Waals surface area contributed by atoms with E-state index in [1.54, 1.807) is 13.2 Å². The zero-order valence-electron chi connectivity index (χ0n) is 8.67. The normalized spacial score (nSPS) is 23.3. The van der Waals surface area contributed by atoms with Gasteiger partial charge in [0.1, 0.15) is 10.9 Å². The third-order valence-corrected chi connectivity index (χ3v) is 3.13. The van der Waals surface area contributed by atoms with Gasteiger partial charge >= 0.3 is 0 Å². The highest BCUT2D eigenvalue weighted by atomic mass is 35.5. The van der Waals surface area contributed by atoms with Crippen LogP contribution in [0.15, 0.2) is 12.1 Å². The highest BCUT2D eigenvalue weighted by molar-refractivity contribution is 6.29. The van der Waals surface area contributed by atoms with Crippen molar-refractivity contribution in [2.45, 2.75) is 26.2 Å². The van der Waals surface area contributed by atoms with Gasteiger partial charge in [0.25, 0.3) is 0 Å². The monoisotopic (exact) mass is 211 g/mol. The lowest BCUT2D eigenvalue weighted by atomic mass is 10.1. The van der Waals surface area contributed by atoms with Crippen molar-refractivity contribution in [3.63, 3.8) is 0 Å². The van der Waals surface area contributed by atoms with E-state index in [4.69, 9.17) is 16.3 Å². The molecule has 0 radical (unpaired) electrons. The maximum absolute atomic E-state index is 5.87. The fraction of sp³-hybridized carbons (Fsp3) is 0.545. The number of ether oxygens (including phenoxy) is 1. The Morgan fingerprint density at radius 3 is 2.64 bits per heavy atom. The molecule has 1 aromatic heterocycles. The Balaban J connectivity index is 2.37. The maximum Gasteiger partial charge on any atom is 0.140 e. The molecule has 1 atom stereocenters. The predicted molar refractivity (Wildman–Crippen MR) is 56.9 cm³/mol. The number of halogens is 1. The number of rotatable bonds is 2. The van der Waals surface area contributed by atoms with Gasteiger partial charge in [0.05, 0.1) is 12.8 Å². The first-order chi connectivity index (χ1) is 6.54. The molecule has 76 valence electrons. The van der Waals surface area contributed by atoms with Crippen LogP contribution >= 0.6 is 11.6 Å². The second-order valence-electron chi connectivity index (χ2n) is 4.47. The largest absolute Gasteiger partial charge is 0.495 e. The van der Waals surface area contributed by atoms with Gasteiger partial charge in [-0.15, -0.1) is 0 Å². The Morgan fingerprint density at radius 2 is 2.14 bits per heavy atom. The van der Waals surface area contributed by atoms with Crippen LogP contribution in [0.5, 0.6) is 5.75 Å². The molecule has 0 saturated heterocycles. The molecule has 14 heavy (non-hydrogen) atoms. The van der Waals surface area contributed by atoms with E-state index < -0.39 is 0 Å². The maximum atomic E-state index is 5.87. The molecule has 1 unspecified atom stereocenters. The zero-order chi connectivity index (χ0) is 10.3. The van der Waals surface area contributed by atoms with Crippen molar-refractivity contribution < 1.29 is 4.74 Å². The fourth-order valence-corrected chi connectivity index (χ4v) is 1.95. The van der Waals surface area contributed by atoms with Crippen molar-refractivity contribution >= 4 is 11.6 Å². The molecule has 1 aliphatic rings. The van der Waals surface area contributed by atoms with Crippen LogP contribution in [0.4, 0.5) is 0 Å². The fourth-order valence-electron chi connectivity index (χ4n) is 1.79. The van der Waals surface area contributed by atoms with E-state index in [0.717, 1.165) is 17.9 Å². The molecule has 2 nitrogen and oxygen atoms in total. The van der Waals surface area contributed by atoms with Crippen LogP contribution in [0.1, 0.15) is 31.9 Å². The van der Waals surface area contributed by atoms with E-state index in [-0.39, 0.29) is 0 Å². The lowest BCUT2D eigenvalue weighted by molar-refractivity contribution is 0.404. The van der Waals surface area contributed by atoms with Crippen molar-refractivity contribution in [1.29, 1.82) is 0 Å². The molecule has 0 aliphatic heterocycles. The zero-order valence-corrected chi connectivity index (χ0v) is 9.43. The Hall–Kier alpha value is -0.760. The van der Waals surface area contributed by atoms with E-state index >= 15 is 0 Å². The van der Waals surface area contributed by atoms with Crippen LogP contribution < -0.4 is 4.74 Å². The second kappa shape index (κ2) is 3.13. The van der Waals surface area contributed by atoms with Crippen LogP contribution in [0.2, 0.25) is 5.15 Å². The van der Waals surface area contributed by atoms with Crippen LogP contribution in [-0.4, -0.2) is 12.1 Å². The smallest absolute Gasteiger partial charge is 0.140 e. The molecule has 1 aromatic rings. The summed E-state index contributed by atoms with van der Waals surface area (Å²) in [6, 6.07) is 3.65. The summed E-state index contributed by atoms with van der Waals surface area (Å²) in [6.07, 6.45) is 1.16. The van der Waals surface area contributed by atoms with Crippen molar-refractivity contribution in [1.82, 2.24) is 4.98 Å². The van der Waals surface area contributed by atoms with Gasteiger partial charge in [-0.05, 0) is 24.0 Å². The quantitative estimate of drug-likeness (QED) is 0.701. The van der Waals surface area contributed by atoms with Crippen LogP contribution in [0.3, 0.4) is 0 Å². The predicted octanol–water partition coefficient (Wildman–Crippen LogP) is 3.26. The van der Waals surface area contributed by atoms with Gasteiger partial charge in [-0.1, -0.05) is 25.4 Å². The Morgan fingerprint density at radius 1 is 1.50 bits per heavy atom. The van der Waals surface area contributed by atoms with Crippen LogP contribution in [0.25, 0.3) is 0 Å². The van der Waals surface area contributed by atoms with Gasteiger partial charge in [-0.3, -0.25) is 0 Å². The number of nitrogens with zero attached hydrogens (tertiary/aromatic N) is 1. The molecule has 0 N–H and O–H groups in total. The first-order valence-corrected chi connectivity index (χ1v) is 5.13. The van der Waals surface area contributed by atoms with Crippen LogP contribution in [0, 0.1) is 5.41 Å². The molecular formula is C11H14ClNO. The first-order valence-electron chi connectivity index (χ1n) is 4.75. The minimum absolute atomic E-state index is 0.352. The van der Waals surface area contributed by atoms with Gasteiger partial charge in [0, 0.05) is 5.92 Å². The summed E-state index contributed by atoms with van der Waals surface area (Å²) in [5.74, 6) is 1.35. The summed E-state index contributed by atoms with van der Waals surface area (Å²) in [6.45, 7) is 4.47. The average Bonchev–Trinajstić information content (AvgIpc) is 2.75. The van der Waals surface area contributed by atoms with E-state index in [2.05, 4.69) is 18.8 Å². The average molecular weight is 212 g/mol. The van der Waals surface area contributed by atoms with Gasteiger partial charge in [0.15, 0.2) is 0 Å². The molecule has 3 heteroatoms. The molecule has 0 amide bonds. The third-order valence-electron chi connectivity index (χ3n) is 2.92. The van der Waals surface area contributed by atoms with Crippen molar-refractivity contribution in [3.05, 3.63) is 23.0 Å². The summed E-state index contributed by atoms with van der Waals surface area (Å²) < 4.78 is 5.27. The summed E-state index contributed by atoms with van der Waals surface area (Å²) in [7, 11) is 1.67. The minimum atomic E-state index is 0.352. The summed E-state index contributed by atoms with van der Waals surface area (Å²) >= 11 is 5.87. The van der Waals surface area contributed by atoms with E-state index in [1.807, 2.05) is 6.07 Å². The Bertz CT molecular complexity index is 362. The number of pyridine rings is 1. The van der Waals surface area contributed by atoms with Gasteiger partial charge in [-0.25, -0.2) is 4.98 Å². The summed E-state index contributed by atoms with van der Waals surface area (Å²) in [5, 5.41) is 0.545. The molecule has 0 aromatic carbocycles. The molecular weight excluding hydrogens is 198 g/mol. The molecule has 0 bridgehead atoms. The number of hydrogen-bond donors (Lipinski definition) is 0. The highest BCUT2D eigenvalue weighted by Gasteiger charge is 2.48. The van der Waals surface area contributed by atoms with Crippen molar-refractivity contribution in [2.24, 2.45) is 5.41 Å². The van der Waals surface area contributed by atoms with Crippen molar-refractivity contribution in [3.8, 4) is 5.75 Å². The first kappa shape index (κ1) is 9.78. The van der Waals surface area contributed by atoms with E-state index in [1.165, 1.54) is 0 Å². The van der Waals surface area contributed by atoms with Crippen molar-refractivity contribution in [2.75, 3.05) is 7.11 Å². The lowest BCUT2D eigenvalue weighted by Crippen LogP contribution is -1.97. The topological polar surface area (TPSA) is 22.1 Å². The number of hydrogen-bond acceptors (Lipinski definition) is 2. The van der Waals surface area contributed by atoms with Gasteiger partial charge in [-0.2, -0.15) is 0 Å². The lowest BCUT2D eigenvalue weighted by Gasteiger charge is -2.08.